The first kappa shape index (κ1) is 12.8. The molecule has 1 amide bonds. The number of amides is 1. The summed E-state index contributed by atoms with van der Waals surface area (Å²) in [5.74, 6) is 0.0986. The lowest BCUT2D eigenvalue weighted by Gasteiger charge is -2.26. The standard InChI is InChI=1S/C13H20N4O/c1-2-4-14-11-3-5-15-12(8-11)9-17-7-6-16-13(18)10-17/h3,5,8H,2,4,6-7,9-10H2,1H3,(H,14,15)(H,16,18). The Bertz CT molecular complexity index is 408. The summed E-state index contributed by atoms with van der Waals surface area (Å²) in [6.07, 6.45) is 2.92. The monoisotopic (exact) mass is 248 g/mol. The molecule has 0 aliphatic carbocycles. The van der Waals surface area contributed by atoms with Crippen LogP contribution in [-0.4, -0.2) is 42.0 Å². The molecule has 18 heavy (non-hydrogen) atoms. The molecule has 0 saturated carbocycles. The van der Waals surface area contributed by atoms with E-state index < -0.39 is 0 Å². The van der Waals surface area contributed by atoms with Crippen molar-refractivity contribution < 1.29 is 4.79 Å². The second kappa shape index (κ2) is 6.35. The summed E-state index contributed by atoms with van der Waals surface area (Å²) in [7, 11) is 0. The van der Waals surface area contributed by atoms with Crippen molar-refractivity contribution in [2.24, 2.45) is 0 Å². The van der Waals surface area contributed by atoms with Gasteiger partial charge in [-0.25, -0.2) is 0 Å². The Labute approximate surface area is 108 Å². The van der Waals surface area contributed by atoms with E-state index >= 15 is 0 Å². The number of pyridine rings is 1. The number of piperazine rings is 1. The van der Waals surface area contributed by atoms with Crippen molar-refractivity contribution in [2.75, 3.05) is 31.5 Å². The Kier molecular flexibility index (Phi) is 4.52. The van der Waals surface area contributed by atoms with Gasteiger partial charge in [0, 0.05) is 38.1 Å². The average molecular weight is 248 g/mol. The minimum atomic E-state index is 0.0986. The zero-order chi connectivity index (χ0) is 12.8. The number of hydrogen-bond acceptors (Lipinski definition) is 4. The molecule has 1 aromatic rings. The second-order valence-corrected chi connectivity index (χ2v) is 4.52. The number of nitrogens with zero attached hydrogens (tertiary/aromatic N) is 2. The Morgan fingerprint density at radius 1 is 1.56 bits per heavy atom. The van der Waals surface area contributed by atoms with Crippen molar-refractivity contribution >= 4 is 11.6 Å². The van der Waals surface area contributed by atoms with Crippen LogP contribution >= 0.6 is 0 Å². The summed E-state index contributed by atoms with van der Waals surface area (Å²) >= 11 is 0. The molecule has 5 heteroatoms. The molecule has 98 valence electrons. The fourth-order valence-electron chi connectivity index (χ4n) is 2.00. The van der Waals surface area contributed by atoms with E-state index in [4.69, 9.17) is 0 Å². The van der Waals surface area contributed by atoms with Crippen LogP contribution in [0.3, 0.4) is 0 Å². The van der Waals surface area contributed by atoms with E-state index in [1.807, 2.05) is 12.3 Å². The van der Waals surface area contributed by atoms with Gasteiger partial charge in [0.05, 0.1) is 12.2 Å². The fraction of sp³-hybridized carbons (Fsp3) is 0.538. The number of carbonyl (C=O) groups excluding carboxylic acids is 1. The highest BCUT2D eigenvalue weighted by Crippen LogP contribution is 2.10. The van der Waals surface area contributed by atoms with Gasteiger partial charge in [0.2, 0.25) is 5.91 Å². The van der Waals surface area contributed by atoms with E-state index in [9.17, 15) is 4.79 Å². The van der Waals surface area contributed by atoms with Gasteiger partial charge in [0.25, 0.3) is 0 Å². The van der Waals surface area contributed by atoms with Crippen LogP contribution in [0, 0.1) is 0 Å². The second-order valence-electron chi connectivity index (χ2n) is 4.52. The van der Waals surface area contributed by atoms with E-state index in [-0.39, 0.29) is 5.91 Å². The number of carbonyl (C=O) groups is 1. The summed E-state index contributed by atoms with van der Waals surface area (Å²) < 4.78 is 0. The van der Waals surface area contributed by atoms with E-state index in [0.717, 1.165) is 44.0 Å². The first-order chi connectivity index (χ1) is 8.78. The summed E-state index contributed by atoms with van der Waals surface area (Å²) in [5, 5.41) is 6.17. The third kappa shape index (κ3) is 3.70. The maximum atomic E-state index is 11.3. The molecule has 1 saturated heterocycles. The van der Waals surface area contributed by atoms with Crippen molar-refractivity contribution in [3.05, 3.63) is 24.0 Å². The number of nitrogens with one attached hydrogen (secondary N) is 2. The van der Waals surface area contributed by atoms with E-state index in [2.05, 4.69) is 33.5 Å². The predicted molar refractivity (Wildman–Crippen MR) is 71.3 cm³/mol. The zero-order valence-electron chi connectivity index (χ0n) is 10.8. The van der Waals surface area contributed by atoms with Gasteiger partial charge in [-0.05, 0) is 18.6 Å². The van der Waals surface area contributed by atoms with Gasteiger partial charge in [-0.15, -0.1) is 0 Å². The molecule has 5 nitrogen and oxygen atoms in total. The van der Waals surface area contributed by atoms with Gasteiger partial charge in [-0.2, -0.15) is 0 Å². The maximum absolute atomic E-state index is 11.3. The van der Waals surface area contributed by atoms with Crippen LogP contribution in [0.2, 0.25) is 0 Å². The SMILES string of the molecule is CCCNc1ccnc(CN2CCNC(=O)C2)c1. The maximum Gasteiger partial charge on any atom is 0.234 e. The minimum absolute atomic E-state index is 0.0986. The highest BCUT2D eigenvalue weighted by Gasteiger charge is 2.16. The van der Waals surface area contributed by atoms with Gasteiger partial charge in [0.1, 0.15) is 0 Å². The predicted octanol–water partition coefficient (Wildman–Crippen LogP) is 0.835. The van der Waals surface area contributed by atoms with Crippen molar-refractivity contribution in [3.63, 3.8) is 0 Å². The van der Waals surface area contributed by atoms with E-state index in [1.54, 1.807) is 0 Å². The topological polar surface area (TPSA) is 57.3 Å². The summed E-state index contributed by atoms with van der Waals surface area (Å²) in [6, 6.07) is 4.03. The molecule has 1 aliphatic heterocycles. The first-order valence-corrected chi connectivity index (χ1v) is 6.46. The molecule has 0 atom stereocenters. The smallest absolute Gasteiger partial charge is 0.234 e. The quantitative estimate of drug-likeness (QED) is 0.810. The van der Waals surface area contributed by atoms with Crippen molar-refractivity contribution in [2.45, 2.75) is 19.9 Å². The molecule has 0 radical (unpaired) electrons. The van der Waals surface area contributed by atoms with Crippen LogP contribution in [0.15, 0.2) is 18.3 Å². The van der Waals surface area contributed by atoms with Crippen LogP contribution < -0.4 is 10.6 Å². The van der Waals surface area contributed by atoms with Crippen molar-refractivity contribution in [1.29, 1.82) is 0 Å². The van der Waals surface area contributed by atoms with Crippen LogP contribution in [0.25, 0.3) is 0 Å². The summed E-state index contributed by atoms with van der Waals surface area (Å²) in [5.41, 5.74) is 2.11. The molecular weight excluding hydrogens is 228 g/mol. The third-order valence-electron chi connectivity index (χ3n) is 2.90. The summed E-state index contributed by atoms with van der Waals surface area (Å²) in [6.45, 7) is 5.92. The number of aromatic nitrogens is 1. The Hall–Kier alpha value is -1.62. The number of anilines is 1. The molecule has 1 fully saturated rings. The Morgan fingerprint density at radius 3 is 3.22 bits per heavy atom. The van der Waals surface area contributed by atoms with Gasteiger partial charge in [-0.3, -0.25) is 14.7 Å². The van der Waals surface area contributed by atoms with Crippen LogP contribution in [0.4, 0.5) is 5.69 Å². The molecule has 2 N–H and O–H groups in total. The largest absolute Gasteiger partial charge is 0.385 e. The molecular formula is C13H20N4O. The first-order valence-electron chi connectivity index (χ1n) is 6.46. The summed E-state index contributed by atoms with van der Waals surface area (Å²) in [4.78, 5) is 17.8. The van der Waals surface area contributed by atoms with Crippen molar-refractivity contribution in [1.82, 2.24) is 15.2 Å². The number of rotatable bonds is 5. The average Bonchev–Trinajstić information content (AvgIpc) is 2.37. The Morgan fingerprint density at radius 2 is 2.44 bits per heavy atom. The van der Waals surface area contributed by atoms with Gasteiger partial charge in [0.15, 0.2) is 0 Å². The molecule has 0 bridgehead atoms. The molecule has 1 aromatic heterocycles. The molecule has 2 rings (SSSR count). The number of hydrogen-bond donors (Lipinski definition) is 2. The van der Waals surface area contributed by atoms with Crippen molar-refractivity contribution in [3.8, 4) is 0 Å². The molecule has 0 unspecified atom stereocenters. The normalized spacial score (nSPS) is 16.4. The van der Waals surface area contributed by atoms with Crippen LogP contribution in [0.1, 0.15) is 19.0 Å². The fourth-order valence-corrected chi connectivity index (χ4v) is 2.00. The Balaban J connectivity index is 1.93. The zero-order valence-corrected chi connectivity index (χ0v) is 10.8. The highest BCUT2D eigenvalue weighted by molar-refractivity contribution is 5.78. The molecule has 0 aromatic carbocycles. The minimum Gasteiger partial charge on any atom is -0.385 e. The molecule has 0 spiro atoms. The highest BCUT2D eigenvalue weighted by atomic mass is 16.2. The lowest BCUT2D eigenvalue weighted by Crippen LogP contribution is -2.47. The van der Waals surface area contributed by atoms with Gasteiger partial charge < -0.3 is 10.6 Å². The lowest BCUT2D eigenvalue weighted by molar-refractivity contribution is -0.124. The molecule has 1 aliphatic rings. The van der Waals surface area contributed by atoms with Crippen LogP contribution in [0.5, 0.6) is 0 Å². The third-order valence-corrected chi connectivity index (χ3v) is 2.90. The van der Waals surface area contributed by atoms with E-state index in [0.29, 0.717) is 6.54 Å². The lowest BCUT2D eigenvalue weighted by atomic mass is 10.2. The van der Waals surface area contributed by atoms with Gasteiger partial charge in [-0.1, -0.05) is 6.92 Å². The molecule has 2 heterocycles. The van der Waals surface area contributed by atoms with Crippen LogP contribution in [-0.2, 0) is 11.3 Å². The van der Waals surface area contributed by atoms with E-state index in [1.165, 1.54) is 0 Å². The van der Waals surface area contributed by atoms with Gasteiger partial charge >= 0.3 is 0 Å².